The molecular weight excluding hydrogens is 234 g/mol. The van der Waals surface area contributed by atoms with Crippen LogP contribution in [0.15, 0.2) is 6.07 Å². The largest absolute Gasteiger partial charge is 0.504 e. The number of aromatic hydroxyl groups is 1. The molecule has 1 rings (SSSR count). The molecule has 4 N–H and O–H groups in total. The molecule has 6 heteroatoms. The Labute approximate surface area is 97.4 Å². The third-order valence-corrected chi connectivity index (χ3v) is 2.44. The van der Waals surface area contributed by atoms with E-state index in [2.05, 4.69) is 0 Å². The number of rotatable bonds is 4. The van der Waals surface area contributed by atoms with Gasteiger partial charge in [0.1, 0.15) is 5.75 Å². The fourth-order valence-electron chi connectivity index (χ4n) is 1.27. The molecule has 0 radical (unpaired) electrons. The molecule has 1 aromatic rings. The summed E-state index contributed by atoms with van der Waals surface area (Å²) >= 11 is 5.86. The normalized spacial score (nSPS) is 10.1. The van der Waals surface area contributed by atoms with Crippen molar-refractivity contribution in [3.05, 3.63) is 16.7 Å². The molecule has 0 heterocycles. The molecule has 0 atom stereocenters. The van der Waals surface area contributed by atoms with Gasteiger partial charge in [0, 0.05) is 11.6 Å². The van der Waals surface area contributed by atoms with Gasteiger partial charge in [-0.3, -0.25) is 0 Å². The van der Waals surface area contributed by atoms with Crippen molar-refractivity contribution in [2.45, 2.75) is 13.3 Å². The van der Waals surface area contributed by atoms with E-state index in [9.17, 15) is 9.90 Å². The monoisotopic (exact) mass is 245 g/mol. The molecule has 0 unspecified atom stereocenters. The summed E-state index contributed by atoms with van der Waals surface area (Å²) in [6, 6.07) is 1.36. The Kier molecular flexibility index (Phi) is 3.84. The van der Waals surface area contributed by atoms with Gasteiger partial charge in [0.15, 0.2) is 12.4 Å². The quantitative estimate of drug-likeness (QED) is 0.554. The number of benzene rings is 1. The Morgan fingerprint density at radius 2 is 2.25 bits per heavy atom. The van der Waals surface area contributed by atoms with Crippen molar-refractivity contribution in [1.82, 2.24) is 0 Å². The first-order chi connectivity index (χ1) is 7.47. The maximum Gasteiger partial charge on any atom is 0.341 e. The SMILES string of the molecule is CCc1c(OCC(=O)O)cc(N)c(O)c1Cl. The Hall–Kier alpha value is -1.62. The predicted molar refractivity (Wildman–Crippen MR) is 60.0 cm³/mol. The molecule has 16 heavy (non-hydrogen) atoms. The fourth-order valence-corrected chi connectivity index (χ4v) is 1.61. The minimum absolute atomic E-state index is 0.0580. The molecule has 1 aromatic carbocycles. The number of nitrogens with two attached hydrogens (primary N) is 1. The summed E-state index contributed by atoms with van der Waals surface area (Å²) in [5, 5.41) is 18.1. The molecule has 0 saturated carbocycles. The zero-order valence-electron chi connectivity index (χ0n) is 8.66. The number of hydrogen-bond donors (Lipinski definition) is 3. The van der Waals surface area contributed by atoms with E-state index in [1.807, 2.05) is 6.92 Å². The lowest BCUT2D eigenvalue weighted by atomic mass is 10.1. The number of aliphatic carboxylic acids is 1. The van der Waals surface area contributed by atoms with Crippen LogP contribution >= 0.6 is 11.6 Å². The van der Waals surface area contributed by atoms with Crippen LogP contribution in [0.3, 0.4) is 0 Å². The Morgan fingerprint density at radius 3 is 2.75 bits per heavy atom. The van der Waals surface area contributed by atoms with Crippen LogP contribution in [0.1, 0.15) is 12.5 Å². The molecule has 88 valence electrons. The molecule has 0 saturated heterocycles. The van der Waals surface area contributed by atoms with Gasteiger partial charge in [0.05, 0.1) is 10.7 Å². The summed E-state index contributed by atoms with van der Waals surface area (Å²) < 4.78 is 5.03. The van der Waals surface area contributed by atoms with E-state index in [1.54, 1.807) is 0 Å². The molecule has 0 aliphatic rings. The highest BCUT2D eigenvalue weighted by molar-refractivity contribution is 6.33. The van der Waals surface area contributed by atoms with E-state index in [0.717, 1.165) is 0 Å². The lowest BCUT2D eigenvalue weighted by Gasteiger charge is -2.13. The molecule has 5 nitrogen and oxygen atoms in total. The zero-order chi connectivity index (χ0) is 12.3. The number of phenolic OH excluding ortho intramolecular Hbond substituents is 1. The van der Waals surface area contributed by atoms with Gasteiger partial charge in [-0.1, -0.05) is 18.5 Å². The first-order valence-corrected chi connectivity index (χ1v) is 4.99. The minimum Gasteiger partial charge on any atom is -0.504 e. The predicted octanol–water partition coefficient (Wildman–Crippen LogP) is 1.65. The molecule has 0 spiro atoms. The summed E-state index contributed by atoms with van der Waals surface area (Å²) in [4.78, 5) is 10.4. The zero-order valence-corrected chi connectivity index (χ0v) is 9.41. The number of carboxylic acid groups (broad SMARTS) is 1. The van der Waals surface area contributed by atoms with Crippen molar-refractivity contribution in [3.8, 4) is 11.5 Å². The van der Waals surface area contributed by atoms with Crippen LogP contribution in [0.25, 0.3) is 0 Å². The van der Waals surface area contributed by atoms with Gasteiger partial charge in [0.25, 0.3) is 0 Å². The van der Waals surface area contributed by atoms with Crippen LogP contribution in [0.2, 0.25) is 5.02 Å². The lowest BCUT2D eigenvalue weighted by Crippen LogP contribution is -2.11. The van der Waals surface area contributed by atoms with Gasteiger partial charge in [-0.2, -0.15) is 0 Å². The average molecular weight is 246 g/mol. The molecule has 0 aliphatic heterocycles. The third kappa shape index (κ3) is 2.49. The van der Waals surface area contributed by atoms with Crippen molar-refractivity contribution in [3.63, 3.8) is 0 Å². The first kappa shape index (κ1) is 12.4. The number of anilines is 1. The molecule has 0 aromatic heterocycles. The summed E-state index contributed by atoms with van der Waals surface area (Å²) in [6.07, 6.45) is 0.502. The molecule has 0 fully saturated rings. The third-order valence-electron chi connectivity index (χ3n) is 2.04. The average Bonchev–Trinajstić information content (AvgIpc) is 2.23. The number of hydrogen-bond acceptors (Lipinski definition) is 4. The van der Waals surface area contributed by atoms with Crippen molar-refractivity contribution in [2.24, 2.45) is 0 Å². The van der Waals surface area contributed by atoms with E-state index >= 15 is 0 Å². The molecule has 0 bridgehead atoms. The van der Waals surface area contributed by atoms with Crippen molar-refractivity contribution in [1.29, 1.82) is 0 Å². The van der Waals surface area contributed by atoms with Gasteiger partial charge >= 0.3 is 5.97 Å². The maximum absolute atomic E-state index is 10.4. The van der Waals surface area contributed by atoms with Crippen LogP contribution < -0.4 is 10.5 Å². The highest BCUT2D eigenvalue weighted by Crippen LogP contribution is 2.39. The highest BCUT2D eigenvalue weighted by Gasteiger charge is 2.15. The van der Waals surface area contributed by atoms with Gasteiger partial charge in [-0.05, 0) is 6.42 Å². The van der Waals surface area contributed by atoms with Gasteiger partial charge in [-0.25, -0.2) is 4.79 Å². The Balaban J connectivity index is 3.12. The van der Waals surface area contributed by atoms with Crippen LogP contribution in [0.4, 0.5) is 5.69 Å². The minimum atomic E-state index is -1.09. The Morgan fingerprint density at radius 1 is 1.62 bits per heavy atom. The number of carbonyl (C=O) groups is 1. The summed E-state index contributed by atoms with van der Waals surface area (Å²) in [5.74, 6) is -1.02. The second-order valence-electron chi connectivity index (χ2n) is 3.14. The van der Waals surface area contributed by atoms with Crippen molar-refractivity contribution < 1.29 is 19.7 Å². The number of carboxylic acids is 1. The fraction of sp³-hybridized carbons (Fsp3) is 0.300. The maximum atomic E-state index is 10.4. The topological polar surface area (TPSA) is 92.8 Å². The smallest absolute Gasteiger partial charge is 0.341 e. The van der Waals surface area contributed by atoms with Crippen LogP contribution in [-0.2, 0) is 11.2 Å². The summed E-state index contributed by atoms with van der Waals surface area (Å²) in [7, 11) is 0. The Bertz CT molecular complexity index is 420. The van der Waals surface area contributed by atoms with Crippen LogP contribution in [-0.4, -0.2) is 22.8 Å². The summed E-state index contributed by atoms with van der Waals surface area (Å²) in [5.41, 5.74) is 6.08. The van der Waals surface area contributed by atoms with E-state index in [-0.39, 0.29) is 22.2 Å². The second kappa shape index (κ2) is 4.94. The summed E-state index contributed by atoms with van der Waals surface area (Å²) in [6.45, 7) is 1.33. The van der Waals surface area contributed by atoms with Gasteiger partial charge < -0.3 is 20.7 Å². The molecule has 0 aliphatic carbocycles. The van der Waals surface area contributed by atoms with E-state index in [4.69, 9.17) is 27.2 Å². The number of halogens is 1. The molecular formula is C10H12ClNO4. The van der Waals surface area contributed by atoms with E-state index < -0.39 is 12.6 Å². The lowest BCUT2D eigenvalue weighted by molar-refractivity contribution is -0.139. The van der Waals surface area contributed by atoms with Gasteiger partial charge in [0.2, 0.25) is 0 Å². The highest BCUT2D eigenvalue weighted by atomic mass is 35.5. The van der Waals surface area contributed by atoms with E-state index in [1.165, 1.54) is 6.07 Å². The van der Waals surface area contributed by atoms with Crippen molar-refractivity contribution >= 4 is 23.3 Å². The second-order valence-corrected chi connectivity index (χ2v) is 3.52. The van der Waals surface area contributed by atoms with Crippen LogP contribution in [0.5, 0.6) is 11.5 Å². The first-order valence-electron chi connectivity index (χ1n) is 4.61. The molecule has 0 amide bonds. The van der Waals surface area contributed by atoms with Gasteiger partial charge in [-0.15, -0.1) is 0 Å². The standard InChI is InChI=1S/C10H12ClNO4/c1-2-5-7(16-4-8(13)14)3-6(12)10(15)9(5)11/h3,15H,2,4,12H2,1H3,(H,13,14). The van der Waals surface area contributed by atoms with Crippen molar-refractivity contribution in [2.75, 3.05) is 12.3 Å². The van der Waals surface area contributed by atoms with Crippen LogP contribution in [0, 0.1) is 0 Å². The number of ether oxygens (including phenoxy) is 1. The van der Waals surface area contributed by atoms with E-state index in [0.29, 0.717) is 12.0 Å². The number of nitrogen functional groups attached to an aromatic ring is 1. The number of phenols is 1.